The number of hydrogen-bond donors (Lipinski definition) is 2. The summed E-state index contributed by atoms with van der Waals surface area (Å²) in [5.74, 6) is 0.216. The second kappa shape index (κ2) is 7.32. The van der Waals surface area contributed by atoms with Crippen molar-refractivity contribution in [2.45, 2.75) is 25.4 Å². The molecule has 1 aliphatic rings. The summed E-state index contributed by atoms with van der Waals surface area (Å²) < 4.78 is 5.16. The number of piperidine rings is 1. The smallest absolute Gasteiger partial charge is 0.315 e. The second-order valence-corrected chi connectivity index (χ2v) is 6.51. The monoisotopic (exact) mass is 333 g/mol. The molecule has 1 atom stereocenters. The van der Waals surface area contributed by atoms with Crippen LogP contribution in [0.4, 0.5) is 4.79 Å². The molecule has 1 aliphatic heterocycles. The molecule has 3 rings (SSSR count). The van der Waals surface area contributed by atoms with Crippen molar-refractivity contribution in [2.24, 2.45) is 0 Å². The van der Waals surface area contributed by atoms with E-state index in [1.807, 2.05) is 17.5 Å². The van der Waals surface area contributed by atoms with E-state index in [1.54, 1.807) is 28.4 Å². The first-order valence-corrected chi connectivity index (χ1v) is 8.50. The summed E-state index contributed by atoms with van der Waals surface area (Å²) >= 11 is 1.61. The van der Waals surface area contributed by atoms with Crippen LogP contribution in [0.1, 0.15) is 28.3 Å². The maximum absolute atomic E-state index is 12.3. The molecule has 1 unspecified atom stereocenters. The lowest BCUT2D eigenvalue weighted by Crippen LogP contribution is -2.51. The summed E-state index contributed by atoms with van der Waals surface area (Å²) in [6.45, 7) is 1.71. The molecule has 0 bridgehead atoms. The molecule has 7 heteroatoms. The molecule has 2 aromatic rings. The van der Waals surface area contributed by atoms with Gasteiger partial charge in [0.2, 0.25) is 0 Å². The maximum Gasteiger partial charge on any atom is 0.315 e. The molecule has 3 amide bonds. The first-order chi connectivity index (χ1) is 11.2. The number of amides is 3. The molecule has 0 spiro atoms. The zero-order valence-corrected chi connectivity index (χ0v) is 13.5. The summed E-state index contributed by atoms with van der Waals surface area (Å²) in [6.07, 6.45) is 3.22. The van der Waals surface area contributed by atoms with Gasteiger partial charge in [0.15, 0.2) is 5.76 Å². The van der Waals surface area contributed by atoms with Gasteiger partial charge < -0.3 is 20.0 Å². The van der Waals surface area contributed by atoms with Gasteiger partial charge in [-0.25, -0.2) is 4.79 Å². The van der Waals surface area contributed by atoms with E-state index in [9.17, 15) is 9.59 Å². The minimum atomic E-state index is -0.198. The fourth-order valence-electron chi connectivity index (χ4n) is 2.65. The van der Waals surface area contributed by atoms with Crippen LogP contribution in [0.25, 0.3) is 0 Å². The number of carbonyl (C=O) groups is 2. The van der Waals surface area contributed by atoms with Crippen LogP contribution in [0.5, 0.6) is 0 Å². The zero-order chi connectivity index (χ0) is 16.1. The number of hydrogen-bond acceptors (Lipinski definition) is 4. The third kappa shape index (κ3) is 4.13. The predicted molar refractivity (Wildman–Crippen MR) is 87.3 cm³/mol. The van der Waals surface area contributed by atoms with Gasteiger partial charge in [0, 0.05) is 24.0 Å². The van der Waals surface area contributed by atoms with Crippen LogP contribution in [0.15, 0.2) is 40.3 Å². The Bertz CT molecular complexity index is 640. The molecule has 2 N–H and O–H groups in total. The number of carbonyl (C=O) groups excluding carboxylic acids is 2. The van der Waals surface area contributed by atoms with Gasteiger partial charge in [-0.15, -0.1) is 11.3 Å². The number of nitrogens with one attached hydrogen (secondary N) is 2. The molecule has 0 radical (unpaired) electrons. The van der Waals surface area contributed by atoms with Crippen LogP contribution in [-0.2, 0) is 6.54 Å². The normalized spacial score (nSPS) is 17.7. The SMILES string of the molecule is O=C(NCc1cccs1)NC1CCCN(C(=O)c2ccco2)C1. The summed E-state index contributed by atoms with van der Waals surface area (Å²) in [4.78, 5) is 27.1. The Hall–Kier alpha value is -2.28. The quantitative estimate of drug-likeness (QED) is 0.902. The third-order valence-electron chi connectivity index (χ3n) is 3.78. The number of nitrogens with zero attached hydrogens (tertiary/aromatic N) is 1. The molecule has 3 heterocycles. The summed E-state index contributed by atoms with van der Waals surface area (Å²) in [6, 6.07) is 7.06. The number of thiophene rings is 1. The Balaban J connectivity index is 1.48. The number of likely N-dealkylation sites (tertiary alicyclic amines) is 1. The molecule has 23 heavy (non-hydrogen) atoms. The minimum absolute atomic E-state index is 0.0361. The molecule has 0 aliphatic carbocycles. The lowest BCUT2D eigenvalue weighted by Gasteiger charge is -2.32. The largest absolute Gasteiger partial charge is 0.459 e. The molecule has 0 saturated carbocycles. The summed E-state index contributed by atoms with van der Waals surface area (Å²) in [7, 11) is 0. The van der Waals surface area contributed by atoms with E-state index >= 15 is 0 Å². The van der Waals surface area contributed by atoms with E-state index in [0.717, 1.165) is 17.7 Å². The van der Waals surface area contributed by atoms with Crippen molar-refractivity contribution in [1.82, 2.24) is 15.5 Å². The van der Waals surface area contributed by atoms with Gasteiger partial charge in [0.05, 0.1) is 12.8 Å². The molecule has 0 aromatic carbocycles. The van der Waals surface area contributed by atoms with Gasteiger partial charge in [-0.1, -0.05) is 6.07 Å². The Morgan fingerprint density at radius 1 is 1.35 bits per heavy atom. The molecule has 122 valence electrons. The van der Waals surface area contributed by atoms with E-state index in [0.29, 0.717) is 25.4 Å². The number of furan rings is 1. The van der Waals surface area contributed by atoms with Crippen molar-refractivity contribution < 1.29 is 14.0 Å². The van der Waals surface area contributed by atoms with Crippen molar-refractivity contribution in [3.63, 3.8) is 0 Å². The topological polar surface area (TPSA) is 74.6 Å². The Morgan fingerprint density at radius 2 is 2.26 bits per heavy atom. The number of rotatable bonds is 4. The van der Waals surface area contributed by atoms with Crippen LogP contribution in [0.2, 0.25) is 0 Å². The summed E-state index contributed by atoms with van der Waals surface area (Å²) in [5.41, 5.74) is 0. The highest BCUT2D eigenvalue weighted by Crippen LogP contribution is 2.14. The summed E-state index contributed by atoms with van der Waals surface area (Å²) in [5, 5.41) is 7.76. The molecule has 1 saturated heterocycles. The highest BCUT2D eigenvalue weighted by molar-refractivity contribution is 7.09. The van der Waals surface area contributed by atoms with Crippen molar-refractivity contribution in [3.8, 4) is 0 Å². The standard InChI is InChI=1S/C16H19N3O3S/c20-15(14-6-2-8-22-14)19-7-1-4-12(11-19)18-16(21)17-10-13-5-3-9-23-13/h2-3,5-6,8-9,12H,1,4,7,10-11H2,(H2,17,18,21). The van der Waals surface area contributed by atoms with E-state index in [-0.39, 0.29) is 18.0 Å². The molecular weight excluding hydrogens is 314 g/mol. The molecule has 1 fully saturated rings. The molecule has 6 nitrogen and oxygen atoms in total. The fraction of sp³-hybridized carbons (Fsp3) is 0.375. The Kier molecular flexibility index (Phi) is 4.97. The lowest BCUT2D eigenvalue weighted by molar-refractivity contribution is 0.0665. The minimum Gasteiger partial charge on any atom is -0.459 e. The number of urea groups is 1. The van der Waals surface area contributed by atoms with Gasteiger partial charge in [0.25, 0.3) is 5.91 Å². The van der Waals surface area contributed by atoms with Crippen molar-refractivity contribution in [2.75, 3.05) is 13.1 Å². The van der Waals surface area contributed by atoms with E-state index in [4.69, 9.17) is 4.42 Å². The highest BCUT2D eigenvalue weighted by atomic mass is 32.1. The van der Waals surface area contributed by atoms with E-state index < -0.39 is 0 Å². The van der Waals surface area contributed by atoms with E-state index in [2.05, 4.69) is 10.6 Å². The highest BCUT2D eigenvalue weighted by Gasteiger charge is 2.26. The average molecular weight is 333 g/mol. The van der Waals surface area contributed by atoms with Crippen molar-refractivity contribution in [1.29, 1.82) is 0 Å². The van der Waals surface area contributed by atoms with Crippen LogP contribution in [0.3, 0.4) is 0 Å². The first-order valence-electron chi connectivity index (χ1n) is 7.62. The lowest BCUT2D eigenvalue weighted by atomic mass is 10.1. The molecule has 2 aromatic heterocycles. The van der Waals surface area contributed by atoms with Crippen molar-refractivity contribution in [3.05, 3.63) is 46.5 Å². The van der Waals surface area contributed by atoms with Gasteiger partial charge in [-0.2, -0.15) is 0 Å². The Labute approximate surface area is 138 Å². The van der Waals surface area contributed by atoms with Crippen LogP contribution < -0.4 is 10.6 Å². The van der Waals surface area contributed by atoms with E-state index in [1.165, 1.54) is 6.26 Å². The van der Waals surface area contributed by atoms with Gasteiger partial charge in [0.1, 0.15) is 0 Å². The molecular formula is C16H19N3O3S. The van der Waals surface area contributed by atoms with Gasteiger partial charge in [-0.05, 0) is 36.4 Å². The van der Waals surface area contributed by atoms with Crippen LogP contribution in [0, 0.1) is 0 Å². The van der Waals surface area contributed by atoms with Crippen molar-refractivity contribution >= 4 is 23.3 Å². The zero-order valence-electron chi connectivity index (χ0n) is 12.7. The van der Waals surface area contributed by atoms with Crippen LogP contribution >= 0.6 is 11.3 Å². The van der Waals surface area contributed by atoms with Gasteiger partial charge in [-0.3, -0.25) is 4.79 Å². The Morgan fingerprint density at radius 3 is 3.00 bits per heavy atom. The fourth-order valence-corrected chi connectivity index (χ4v) is 3.30. The second-order valence-electron chi connectivity index (χ2n) is 5.47. The van der Waals surface area contributed by atoms with Gasteiger partial charge >= 0.3 is 6.03 Å². The third-order valence-corrected chi connectivity index (χ3v) is 4.66. The first kappa shape index (κ1) is 15.6. The average Bonchev–Trinajstić information content (AvgIpc) is 3.26. The maximum atomic E-state index is 12.3. The van der Waals surface area contributed by atoms with Crippen LogP contribution in [-0.4, -0.2) is 36.0 Å². The predicted octanol–water partition coefficient (Wildman–Crippen LogP) is 2.45.